The first-order valence-corrected chi connectivity index (χ1v) is 11.3. The third-order valence-corrected chi connectivity index (χ3v) is 5.92. The highest BCUT2D eigenvalue weighted by atomic mass is 16.5. The zero-order valence-corrected chi connectivity index (χ0v) is 19.8. The first-order valence-electron chi connectivity index (χ1n) is 11.3. The molecule has 0 bridgehead atoms. The van der Waals surface area contributed by atoms with E-state index in [2.05, 4.69) is 5.32 Å². The zero-order valence-electron chi connectivity index (χ0n) is 19.8. The lowest BCUT2D eigenvalue weighted by Crippen LogP contribution is -2.51. The number of nitrogens with zero attached hydrogens (tertiary/aromatic N) is 3. The minimum atomic E-state index is -0.305. The predicted octanol–water partition coefficient (Wildman–Crippen LogP) is 2.74. The number of aromatic nitrogens is 1. The third kappa shape index (κ3) is 5.46. The maximum Gasteiger partial charge on any atom is 0.270 e. The molecule has 1 fully saturated rings. The van der Waals surface area contributed by atoms with Crippen LogP contribution in [-0.4, -0.2) is 72.5 Å². The summed E-state index contributed by atoms with van der Waals surface area (Å²) in [6.07, 6.45) is 1.70. The molecule has 4 rings (SSSR count). The van der Waals surface area contributed by atoms with Crippen LogP contribution in [0.5, 0.6) is 11.5 Å². The van der Waals surface area contributed by atoms with Crippen LogP contribution in [0.2, 0.25) is 0 Å². The fourth-order valence-corrected chi connectivity index (χ4v) is 4.04. The van der Waals surface area contributed by atoms with Crippen LogP contribution >= 0.6 is 0 Å². The molecule has 0 spiro atoms. The number of hydrogen-bond donors (Lipinski definition) is 1. The van der Waals surface area contributed by atoms with Crippen LogP contribution in [-0.2, 0) is 11.3 Å². The predicted molar refractivity (Wildman–Crippen MR) is 131 cm³/mol. The van der Waals surface area contributed by atoms with Gasteiger partial charge in [-0.2, -0.15) is 0 Å². The van der Waals surface area contributed by atoms with E-state index in [9.17, 15) is 14.4 Å². The summed E-state index contributed by atoms with van der Waals surface area (Å²) in [5, 5.41) is 2.82. The summed E-state index contributed by atoms with van der Waals surface area (Å²) in [5.74, 6) is 0.577. The molecule has 0 aliphatic carbocycles. The largest absolute Gasteiger partial charge is 0.497 e. The normalized spacial score (nSPS) is 13.3. The van der Waals surface area contributed by atoms with Gasteiger partial charge < -0.3 is 29.2 Å². The molecule has 1 saturated heterocycles. The van der Waals surface area contributed by atoms with Gasteiger partial charge in [-0.3, -0.25) is 14.4 Å². The number of nitrogens with one attached hydrogen (secondary N) is 1. The first kappa shape index (κ1) is 23.9. The summed E-state index contributed by atoms with van der Waals surface area (Å²) in [6.45, 7) is 1.72. The number of carbonyl (C=O) groups excluding carboxylic acids is 3. The number of hydrogen-bond acceptors (Lipinski definition) is 5. The zero-order chi connectivity index (χ0) is 24.8. The van der Waals surface area contributed by atoms with Crippen molar-refractivity contribution in [2.75, 3.05) is 45.7 Å². The Morgan fingerprint density at radius 1 is 0.829 bits per heavy atom. The lowest BCUT2D eigenvalue weighted by Gasteiger charge is -2.35. The minimum Gasteiger partial charge on any atom is -0.497 e. The van der Waals surface area contributed by atoms with Crippen molar-refractivity contribution < 1.29 is 23.9 Å². The molecule has 0 atom stereocenters. The van der Waals surface area contributed by atoms with Gasteiger partial charge in [0.25, 0.3) is 11.8 Å². The molecule has 182 valence electrons. The quantitative estimate of drug-likeness (QED) is 0.566. The van der Waals surface area contributed by atoms with Crippen molar-refractivity contribution in [3.05, 3.63) is 78.1 Å². The lowest BCUT2D eigenvalue weighted by molar-refractivity contribution is -0.116. The Morgan fingerprint density at radius 3 is 2.17 bits per heavy atom. The van der Waals surface area contributed by atoms with Gasteiger partial charge in [0.1, 0.15) is 23.7 Å². The van der Waals surface area contributed by atoms with E-state index in [0.717, 1.165) is 0 Å². The standard InChI is InChI=1S/C26H28N4O5/c1-34-20-10-11-23(35-2)21(17-20)27-24(31)18-30-12-6-9-22(30)26(33)29-15-13-28(14-16-29)25(32)19-7-4-3-5-8-19/h3-12,17H,13-16,18H2,1-2H3,(H,27,31). The van der Waals surface area contributed by atoms with Gasteiger partial charge in [0.2, 0.25) is 5.91 Å². The van der Waals surface area contributed by atoms with E-state index in [1.807, 2.05) is 18.2 Å². The Labute approximate surface area is 203 Å². The van der Waals surface area contributed by atoms with Crippen molar-refractivity contribution in [1.82, 2.24) is 14.4 Å². The monoisotopic (exact) mass is 476 g/mol. The fourth-order valence-electron chi connectivity index (χ4n) is 4.04. The summed E-state index contributed by atoms with van der Waals surface area (Å²) < 4.78 is 12.1. The molecule has 1 N–H and O–H groups in total. The van der Waals surface area contributed by atoms with Gasteiger partial charge in [-0.15, -0.1) is 0 Å². The molecule has 2 aromatic carbocycles. The summed E-state index contributed by atoms with van der Waals surface area (Å²) in [4.78, 5) is 42.1. The van der Waals surface area contributed by atoms with E-state index in [4.69, 9.17) is 9.47 Å². The molecule has 1 aliphatic rings. The second-order valence-corrected chi connectivity index (χ2v) is 8.09. The van der Waals surface area contributed by atoms with E-state index >= 15 is 0 Å². The third-order valence-electron chi connectivity index (χ3n) is 5.92. The number of anilines is 1. The average molecular weight is 477 g/mol. The smallest absolute Gasteiger partial charge is 0.270 e. The van der Waals surface area contributed by atoms with Gasteiger partial charge in [-0.05, 0) is 36.4 Å². The van der Waals surface area contributed by atoms with Gasteiger partial charge in [0.05, 0.1) is 19.9 Å². The van der Waals surface area contributed by atoms with Crippen molar-refractivity contribution in [2.45, 2.75) is 6.54 Å². The number of carbonyl (C=O) groups is 3. The van der Waals surface area contributed by atoms with Crippen LogP contribution in [0.25, 0.3) is 0 Å². The molecule has 0 unspecified atom stereocenters. The van der Waals surface area contributed by atoms with E-state index in [0.29, 0.717) is 54.6 Å². The topological polar surface area (TPSA) is 93.1 Å². The van der Waals surface area contributed by atoms with Gasteiger partial charge >= 0.3 is 0 Å². The van der Waals surface area contributed by atoms with Crippen molar-refractivity contribution in [3.63, 3.8) is 0 Å². The van der Waals surface area contributed by atoms with Gasteiger partial charge in [0.15, 0.2) is 0 Å². The molecule has 2 heterocycles. The summed E-state index contributed by atoms with van der Waals surface area (Å²) in [6, 6.07) is 17.7. The molecule has 1 aliphatic heterocycles. The minimum absolute atomic E-state index is 0.0364. The van der Waals surface area contributed by atoms with Crippen molar-refractivity contribution in [1.29, 1.82) is 0 Å². The maximum atomic E-state index is 13.2. The van der Waals surface area contributed by atoms with E-state index < -0.39 is 0 Å². The number of amides is 3. The number of benzene rings is 2. The number of rotatable bonds is 7. The molecular formula is C26H28N4O5. The second-order valence-electron chi connectivity index (χ2n) is 8.09. The number of methoxy groups -OCH3 is 2. The first-order chi connectivity index (χ1) is 17.0. The van der Waals surface area contributed by atoms with Crippen molar-refractivity contribution in [2.24, 2.45) is 0 Å². The van der Waals surface area contributed by atoms with Crippen molar-refractivity contribution in [3.8, 4) is 11.5 Å². The highest BCUT2D eigenvalue weighted by Crippen LogP contribution is 2.29. The Balaban J connectivity index is 1.37. The molecule has 9 heteroatoms. The Kier molecular flexibility index (Phi) is 7.35. The van der Waals surface area contributed by atoms with Gasteiger partial charge in [-0.25, -0.2) is 0 Å². The van der Waals surface area contributed by atoms with Crippen LogP contribution < -0.4 is 14.8 Å². The molecular weight excluding hydrogens is 448 g/mol. The highest BCUT2D eigenvalue weighted by Gasteiger charge is 2.27. The SMILES string of the molecule is COc1ccc(OC)c(NC(=O)Cn2cccc2C(=O)N2CCN(C(=O)c3ccccc3)CC2)c1. The van der Waals surface area contributed by atoms with Crippen molar-refractivity contribution >= 4 is 23.4 Å². The maximum absolute atomic E-state index is 13.2. The molecule has 3 aromatic rings. The van der Waals surface area contributed by atoms with Crippen LogP contribution in [0.15, 0.2) is 66.9 Å². The van der Waals surface area contributed by atoms with E-state index in [1.165, 1.54) is 7.11 Å². The molecule has 9 nitrogen and oxygen atoms in total. The summed E-state index contributed by atoms with van der Waals surface area (Å²) in [7, 11) is 3.07. The molecule has 0 radical (unpaired) electrons. The van der Waals surface area contributed by atoms with E-state index in [-0.39, 0.29) is 24.3 Å². The highest BCUT2D eigenvalue weighted by molar-refractivity contribution is 5.96. The molecule has 0 saturated carbocycles. The molecule has 35 heavy (non-hydrogen) atoms. The molecule has 3 amide bonds. The molecule has 1 aromatic heterocycles. The number of piperazine rings is 1. The van der Waals surface area contributed by atoms with E-state index in [1.54, 1.807) is 70.1 Å². The van der Waals surface area contributed by atoms with Crippen LogP contribution in [0.4, 0.5) is 5.69 Å². The Bertz CT molecular complexity index is 1200. The van der Waals surface area contributed by atoms with Crippen LogP contribution in [0.1, 0.15) is 20.8 Å². The lowest BCUT2D eigenvalue weighted by atomic mass is 10.2. The Hall–Kier alpha value is -4.27. The van der Waals surface area contributed by atoms with Crippen LogP contribution in [0, 0.1) is 0 Å². The van der Waals surface area contributed by atoms with Gasteiger partial charge in [-0.1, -0.05) is 18.2 Å². The summed E-state index contributed by atoms with van der Waals surface area (Å²) >= 11 is 0. The summed E-state index contributed by atoms with van der Waals surface area (Å²) in [5.41, 5.74) is 1.54. The van der Waals surface area contributed by atoms with Gasteiger partial charge in [0, 0.05) is 44.0 Å². The fraction of sp³-hybridized carbons (Fsp3) is 0.269. The Morgan fingerprint density at radius 2 is 1.51 bits per heavy atom. The second kappa shape index (κ2) is 10.8. The van der Waals surface area contributed by atoms with Crippen LogP contribution in [0.3, 0.4) is 0 Å². The number of ether oxygens (including phenoxy) is 2. The average Bonchev–Trinajstić information content (AvgIpc) is 3.36.